The Morgan fingerprint density at radius 1 is 1.19 bits per heavy atom. The van der Waals surface area contributed by atoms with Gasteiger partial charge in [-0.2, -0.15) is 18.3 Å². The molecule has 7 nitrogen and oxygen atoms in total. The van der Waals surface area contributed by atoms with Gasteiger partial charge >= 0.3 is 6.18 Å². The molecule has 10 heteroatoms. The molecule has 1 amide bonds. The number of carbonyl (C=O) groups excluding carboxylic acids is 1. The fraction of sp³-hybridized carbons (Fsp3) is 0.429. The zero-order chi connectivity index (χ0) is 22.0. The van der Waals surface area contributed by atoms with Crippen LogP contribution in [-0.2, 0) is 17.5 Å². The summed E-state index contributed by atoms with van der Waals surface area (Å²) in [5.41, 5.74) is -1.03. The van der Waals surface area contributed by atoms with Crippen molar-refractivity contribution >= 4 is 16.9 Å². The number of aromatic nitrogens is 4. The number of carbonyl (C=O) groups is 1. The smallest absolute Gasteiger partial charge is 0.354 e. The molecule has 0 aliphatic heterocycles. The predicted octanol–water partition coefficient (Wildman–Crippen LogP) is 3.30. The van der Waals surface area contributed by atoms with Gasteiger partial charge in [0, 0.05) is 6.54 Å². The van der Waals surface area contributed by atoms with E-state index in [1.165, 1.54) is 53.2 Å². The topological polar surface area (TPSA) is 81.8 Å². The van der Waals surface area contributed by atoms with Crippen molar-refractivity contribution in [3.8, 4) is 5.69 Å². The Morgan fingerprint density at radius 2 is 1.97 bits per heavy atom. The zero-order valence-corrected chi connectivity index (χ0v) is 16.7. The first-order chi connectivity index (χ1) is 14.8. The van der Waals surface area contributed by atoms with Gasteiger partial charge in [-0.3, -0.25) is 14.2 Å². The molecule has 2 aromatic heterocycles. The van der Waals surface area contributed by atoms with Crippen LogP contribution in [0.25, 0.3) is 16.7 Å². The average Bonchev–Trinajstić information content (AvgIpc) is 3.19. The van der Waals surface area contributed by atoms with Crippen LogP contribution in [0.5, 0.6) is 0 Å². The van der Waals surface area contributed by atoms with Crippen molar-refractivity contribution in [3.05, 3.63) is 52.7 Å². The summed E-state index contributed by atoms with van der Waals surface area (Å²) in [4.78, 5) is 29.2. The summed E-state index contributed by atoms with van der Waals surface area (Å²) in [5, 5.41) is 7.04. The SMILES string of the molecule is O=C(Cn1cnc2c(cnn2-c2cccc(C(F)(F)F)c2)c1=O)NCC1CCCCC1. The quantitative estimate of drug-likeness (QED) is 0.670. The zero-order valence-electron chi connectivity index (χ0n) is 16.7. The molecule has 0 radical (unpaired) electrons. The van der Waals surface area contributed by atoms with Gasteiger partial charge in [-0.15, -0.1) is 0 Å². The minimum Gasteiger partial charge on any atom is -0.354 e. The molecule has 1 aliphatic carbocycles. The van der Waals surface area contributed by atoms with Gasteiger partial charge in [0.1, 0.15) is 18.3 Å². The molecule has 1 saturated carbocycles. The number of nitrogens with one attached hydrogen (secondary N) is 1. The van der Waals surface area contributed by atoms with E-state index in [-0.39, 0.29) is 29.2 Å². The molecule has 1 aromatic carbocycles. The highest BCUT2D eigenvalue weighted by Gasteiger charge is 2.30. The van der Waals surface area contributed by atoms with E-state index in [0.717, 1.165) is 25.0 Å². The van der Waals surface area contributed by atoms with Gasteiger partial charge in [0.05, 0.1) is 17.4 Å². The van der Waals surface area contributed by atoms with Crippen LogP contribution in [0.2, 0.25) is 0 Å². The van der Waals surface area contributed by atoms with Crippen molar-refractivity contribution in [2.24, 2.45) is 5.92 Å². The van der Waals surface area contributed by atoms with Crippen molar-refractivity contribution in [1.29, 1.82) is 0 Å². The minimum atomic E-state index is -4.50. The summed E-state index contributed by atoms with van der Waals surface area (Å²) in [6, 6.07) is 4.62. The van der Waals surface area contributed by atoms with Gasteiger partial charge < -0.3 is 5.32 Å². The number of rotatable bonds is 5. The van der Waals surface area contributed by atoms with Crippen LogP contribution < -0.4 is 10.9 Å². The van der Waals surface area contributed by atoms with Crippen molar-refractivity contribution in [1.82, 2.24) is 24.6 Å². The second-order valence-electron chi connectivity index (χ2n) is 7.83. The fourth-order valence-corrected chi connectivity index (χ4v) is 3.92. The van der Waals surface area contributed by atoms with Crippen LogP contribution in [0.1, 0.15) is 37.7 Å². The van der Waals surface area contributed by atoms with Crippen molar-refractivity contribution in [2.45, 2.75) is 44.8 Å². The summed E-state index contributed by atoms with van der Waals surface area (Å²) < 4.78 is 41.4. The number of fused-ring (bicyclic) bond motifs is 1. The van der Waals surface area contributed by atoms with Crippen LogP contribution in [0.3, 0.4) is 0 Å². The largest absolute Gasteiger partial charge is 0.416 e. The van der Waals surface area contributed by atoms with Crippen molar-refractivity contribution < 1.29 is 18.0 Å². The Hall–Kier alpha value is -3.17. The first-order valence-electron chi connectivity index (χ1n) is 10.2. The Morgan fingerprint density at radius 3 is 2.71 bits per heavy atom. The van der Waals surface area contributed by atoms with Crippen molar-refractivity contribution in [2.75, 3.05) is 6.54 Å². The molecule has 1 N–H and O–H groups in total. The second-order valence-corrected chi connectivity index (χ2v) is 7.83. The van der Waals surface area contributed by atoms with E-state index in [9.17, 15) is 22.8 Å². The van der Waals surface area contributed by atoms with E-state index in [0.29, 0.717) is 12.5 Å². The van der Waals surface area contributed by atoms with Crippen molar-refractivity contribution in [3.63, 3.8) is 0 Å². The number of halogens is 3. The fourth-order valence-electron chi connectivity index (χ4n) is 3.92. The molecule has 0 atom stereocenters. The third-order valence-corrected chi connectivity index (χ3v) is 5.60. The number of hydrogen-bond donors (Lipinski definition) is 1. The molecule has 0 unspecified atom stereocenters. The summed E-state index contributed by atoms with van der Waals surface area (Å²) in [6.45, 7) is 0.417. The Labute approximate surface area is 175 Å². The first kappa shape index (κ1) is 21.1. The van der Waals surface area contributed by atoms with Crippen LogP contribution in [-0.4, -0.2) is 31.8 Å². The molecule has 0 saturated heterocycles. The maximum Gasteiger partial charge on any atom is 0.416 e. The molecule has 4 rings (SSSR count). The number of hydrogen-bond acceptors (Lipinski definition) is 4. The Kier molecular flexibility index (Phi) is 5.79. The minimum absolute atomic E-state index is 0.125. The molecule has 0 spiro atoms. The van der Waals surface area contributed by atoms with E-state index in [2.05, 4.69) is 15.4 Å². The van der Waals surface area contributed by atoms with Gasteiger partial charge in [0.25, 0.3) is 5.56 Å². The summed E-state index contributed by atoms with van der Waals surface area (Å²) in [7, 11) is 0. The highest BCUT2D eigenvalue weighted by molar-refractivity contribution is 5.77. The van der Waals surface area contributed by atoms with Gasteiger partial charge in [-0.1, -0.05) is 25.3 Å². The van der Waals surface area contributed by atoms with E-state index in [4.69, 9.17) is 0 Å². The molecule has 1 fully saturated rings. The molecule has 1 aliphatic rings. The average molecular weight is 433 g/mol. The lowest BCUT2D eigenvalue weighted by Crippen LogP contribution is -2.35. The Bertz CT molecular complexity index is 1150. The molecular weight excluding hydrogens is 411 g/mol. The number of benzene rings is 1. The van der Waals surface area contributed by atoms with E-state index in [1.807, 2.05) is 0 Å². The summed E-state index contributed by atoms with van der Waals surface area (Å²) >= 11 is 0. The highest BCUT2D eigenvalue weighted by atomic mass is 19.4. The van der Waals surface area contributed by atoms with Crippen LogP contribution in [0.15, 0.2) is 41.6 Å². The number of alkyl halides is 3. The third kappa shape index (κ3) is 4.62. The summed E-state index contributed by atoms with van der Waals surface area (Å²) in [6.07, 6.45) is 3.76. The van der Waals surface area contributed by atoms with Crippen LogP contribution >= 0.6 is 0 Å². The maximum absolute atomic E-state index is 13.0. The van der Waals surface area contributed by atoms with E-state index < -0.39 is 17.3 Å². The van der Waals surface area contributed by atoms with Crippen LogP contribution in [0, 0.1) is 5.92 Å². The highest BCUT2D eigenvalue weighted by Crippen LogP contribution is 2.30. The normalized spacial score (nSPS) is 15.3. The predicted molar refractivity (Wildman–Crippen MR) is 108 cm³/mol. The van der Waals surface area contributed by atoms with Crippen LogP contribution in [0.4, 0.5) is 13.2 Å². The van der Waals surface area contributed by atoms with Gasteiger partial charge in [0.2, 0.25) is 5.91 Å². The molecule has 164 valence electrons. The lowest BCUT2D eigenvalue weighted by Gasteiger charge is -2.21. The third-order valence-electron chi connectivity index (χ3n) is 5.60. The lowest BCUT2D eigenvalue weighted by molar-refractivity contribution is -0.137. The number of nitrogens with zero attached hydrogens (tertiary/aromatic N) is 4. The standard InChI is InChI=1S/C21H22F3N5O2/c22-21(23,24)15-7-4-8-16(9-15)29-19-17(11-27-29)20(31)28(13-26-19)12-18(30)25-10-14-5-2-1-3-6-14/h4,7-9,11,13-14H,1-3,5-6,10,12H2,(H,25,30). The molecule has 0 bridgehead atoms. The molecule has 2 heterocycles. The van der Waals surface area contributed by atoms with Gasteiger partial charge in [-0.25, -0.2) is 9.67 Å². The first-order valence-corrected chi connectivity index (χ1v) is 10.2. The van der Waals surface area contributed by atoms with E-state index in [1.54, 1.807) is 0 Å². The van der Waals surface area contributed by atoms with E-state index >= 15 is 0 Å². The molecular formula is C21H22F3N5O2. The molecule has 31 heavy (non-hydrogen) atoms. The Balaban J connectivity index is 1.53. The summed E-state index contributed by atoms with van der Waals surface area (Å²) in [5.74, 6) is 0.194. The monoisotopic (exact) mass is 433 g/mol. The lowest BCUT2D eigenvalue weighted by atomic mass is 9.89. The molecule has 3 aromatic rings. The number of amides is 1. The maximum atomic E-state index is 13.0. The van der Waals surface area contributed by atoms with Gasteiger partial charge in [-0.05, 0) is 37.0 Å². The van der Waals surface area contributed by atoms with Gasteiger partial charge in [0.15, 0.2) is 5.65 Å². The second kappa shape index (κ2) is 8.52.